The largest absolute Gasteiger partial charge is 0.340 e. The minimum Gasteiger partial charge on any atom is -0.340 e. The number of anilines is 1. The quantitative estimate of drug-likeness (QED) is 0.565. The highest BCUT2D eigenvalue weighted by atomic mass is 19.1. The molecule has 2 aromatic rings. The molecule has 2 fully saturated rings. The molecule has 5 rings (SSSR count). The topological polar surface area (TPSA) is 72.0 Å². The summed E-state index contributed by atoms with van der Waals surface area (Å²) in [6, 6.07) is 6.36. The number of amides is 2. The van der Waals surface area contributed by atoms with Gasteiger partial charge in [-0.25, -0.2) is 8.78 Å². The number of aromatic nitrogens is 1. The lowest BCUT2D eigenvalue weighted by Crippen LogP contribution is -2.65. The van der Waals surface area contributed by atoms with Crippen molar-refractivity contribution in [3.63, 3.8) is 0 Å². The van der Waals surface area contributed by atoms with Crippen molar-refractivity contribution in [3.05, 3.63) is 58.9 Å². The fourth-order valence-corrected chi connectivity index (χ4v) is 6.86. The molecule has 2 amide bonds. The van der Waals surface area contributed by atoms with E-state index in [0.29, 0.717) is 37.4 Å². The Morgan fingerprint density at radius 3 is 2.45 bits per heavy atom. The lowest BCUT2D eigenvalue weighted by atomic mass is 9.88. The lowest BCUT2D eigenvalue weighted by Gasteiger charge is -2.48. The molecule has 0 saturated carbocycles. The zero-order chi connectivity index (χ0) is 30.3. The Hall–Kier alpha value is -2.95. The summed E-state index contributed by atoms with van der Waals surface area (Å²) in [7, 11) is 0. The van der Waals surface area contributed by atoms with Crippen LogP contribution < -0.4 is 10.2 Å². The molecule has 0 radical (unpaired) electrons. The van der Waals surface area contributed by atoms with Crippen LogP contribution in [-0.2, 0) is 21.4 Å². The highest BCUT2D eigenvalue weighted by molar-refractivity contribution is 5.97. The molecule has 0 spiro atoms. The van der Waals surface area contributed by atoms with E-state index >= 15 is 0 Å². The number of carbonyl (C=O) groups excluding carboxylic acids is 2. The monoisotopic (exact) mass is 582 g/mol. The zero-order valence-corrected chi connectivity index (χ0v) is 25.7. The van der Waals surface area contributed by atoms with Gasteiger partial charge in [-0.15, -0.1) is 0 Å². The number of hydrogen-bond donors (Lipinski definition) is 1. The number of halogens is 2. The van der Waals surface area contributed by atoms with Gasteiger partial charge in [-0.05, 0) is 38.5 Å². The first kappa shape index (κ1) is 30.5. The summed E-state index contributed by atoms with van der Waals surface area (Å²) in [5, 5.41) is 3.60. The Morgan fingerprint density at radius 1 is 1.07 bits per heavy atom. The van der Waals surface area contributed by atoms with E-state index < -0.39 is 11.6 Å². The van der Waals surface area contributed by atoms with Crippen LogP contribution in [0.25, 0.3) is 0 Å². The van der Waals surface area contributed by atoms with E-state index in [0.717, 1.165) is 37.0 Å². The van der Waals surface area contributed by atoms with Gasteiger partial charge in [0.1, 0.15) is 11.6 Å². The molecule has 3 aliphatic rings. The van der Waals surface area contributed by atoms with E-state index in [1.807, 2.05) is 15.9 Å². The highest BCUT2D eigenvalue weighted by Gasteiger charge is 2.41. The first-order valence-corrected chi connectivity index (χ1v) is 15.0. The van der Waals surface area contributed by atoms with Crippen LogP contribution in [0.5, 0.6) is 0 Å². The fourth-order valence-electron chi connectivity index (χ4n) is 6.86. The zero-order valence-electron chi connectivity index (χ0n) is 25.7. The van der Waals surface area contributed by atoms with Crippen LogP contribution in [0.2, 0.25) is 0 Å². The standard InChI is InChI=1S/C32H44F2N6O2/c1-20-14-38(27(12-35-20)17-39-21(2)15-37(23(4)41)16-22(39)3)18-31(42)40-19-32(5,6)28-13-36-26(11-30(28)40)9-24-7-8-25(33)10-29(24)34/h7-8,10-11,13,20-22,27,35H,9,12,14-19H2,1-6H3. The number of hydrogen-bond acceptors (Lipinski definition) is 6. The maximum absolute atomic E-state index is 14.4. The average molecular weight is 583 g/mol. The summed E-state index contributed by atoms with van der Waals surface area (Å²) < 4.78 is 27.8. The maximum Gasteiger partial charge on any atom is 0.241 e. The minimum absolute atomic E-state index is 0.0357. The van der Waals surface area contributed by atoms with Gasteiger partial charge >= 0.3 is 0 Å². The number of nitrogens with zero attached hydrogens (tertiary/aromatic N) is 5. The van der Waals surface area contributed by atoms with E-state index in [4.69, 9.17) is 0 Å². The van der Waals surface area contributed by atoms with Crippen LogP contribution in [0, 0.1) is 11.6 Å². The first-order chi connectivity index (χ1) is 19.8. The van der Waals surface area contributed by atoms with Gasteiger partial charge in [0, 0.05) is 106 Å². The Morgan fingerprint density at radius 2 is 1.79 bits per heavy atom. The number of carbonyl (C=O) groups is 2. The summed E-state index contributed by atoms with van der Waals surface area (Å²) >= 11 is 0. The van der Waals surface area contributed by atoms with Gasteiger partial charge in [-0.1, -0.05) is 19.9 Å². The Bertz CT molecular complexity index is 1320. The Kier molecular flexibility index (Phi) is 8.70. The molecule has 228 valence electrons. The van der Waals surface area contributed by atoms with E-state index in [2.05, 4.69) is 54.7 Å². The summed E-state index contributed by atoms with van der Waals surface area (Å²) in [5.41, 5.74) is 2.55. The van der Waals surface area contributed by atoms with Gasteiger partial charge in [-0.3, -0.25) is 24.4 Å². The van der Waals surface area contributed by atoms with Crippen molar-refractivity contribution < 1.29 is 18.4 Å². The van der Waals surface area contributed by atoms with Crippen molar-refractivity contribution in [3.8, 4) is 0 Å². The van der Waals surface area contributed by atoms with E-state index in [9.17, 15) is 18.4 Å². The van der Waals surface area contributed by atoms with E-state index in [-0.39, 0.29) is 47.8 Å². The molecule has 0 bridgehead atoms. The second-order valence-electron chi connectivity index (χ2n) is 13.2. The minimum atomic E-state index is -0.612. The number of piperazine rings is 2. The second kappa shape index (κ2) is 12.0. The SMILES string of the molecule is CC(=O)N1CC(C)N(CC2CNC(C)CN2CC(=O)N2CC(C)(C)c3cnc(Cc4ccc(F)cc4F)cc32)C(C)C1. The van der Waals surface area contributed by atoms with Gasteiger partial charge in [0.15, 0.2) is 0 Å². The van der Waals surface area contributed by atoms with Crippen LogP contribution in [0.1, 0.15) is 58.4 Å². The predicted octanol–water partition coefficient (Wildman–Crippen LogP) is 3.18. The van der Waals surface area contributed by atoms with Crippen molar-refractivity contribution in [2.24, 2.45) is 0 Å². The van der Waals surface area contributed by atoms with Crippen LogP contribution in [0.3, 0.4) is 0 Å². The van der Waals surface area contributed by atoms with Gasteiger partial charge in [0.25, 0.3) is 0 Å². The molecule has 4 unspecified atom stereocenters. The van der Waals surface area contributed by atoms with Crippen LogP contribution >= 0.6 is 0 Å². The number of benzene rings is 1. The van der Waals surface area contributed by atoms with E-state index in [1.165, 1.54) is 12.1 Å². The van der Waals surface area contributed by atoms with Crippen molar-refractivity contribution in [1.29, 1.82) is 0 Å². The highest BCUT2D eigenvalue weighted by Crippen LogP contribution is 2.40. The summed E-state index contributed by atoms with van der Waals surface area (Å²) in [6.45, 7) is 17.0. The number of rotatable bonds is 6. The third kappa shape index (κ3) is 6.35. The molecule has 4 atom stereocenters. The average Bonchev–Trinajstić information content (AvgIpc) is 3.18. The smallest absolute Gasteiger partial charge is 0.241 e. The number of nitrogens with one attached hydrogen (secondary N) is 1. The molecular formula is C32H44F2N6O2. The van der Waals surface area contributed by atoms with Crippen LogP contribution in [-0.4, -0.2) is 101 Å². The van der Waals surface area contributed by atoms with Crippen LogP contribution in [0.15, 0.2) is 30.5 Å². The molecule has 4 heterocycles. The molecule has 0 aliphatic carbocycles. The van der Waals surface area contributed by atoms with Crippen molar-refractivity contribution in [2.75, 3.05) is 50.7 Å². The van der Waals surface area contributed by atoms with Gasteiger partial charge in [0.2, 0.25) is 11.8 Å². The molecule has 42 heavy (non-hydrogen) atoms. The molecular weight excluding hydrogens is 538 g/mol. The maximum atomic E-state index is 14.4. The molecule has 1 N–H and O–H groups in total. The van der Waals surface area contributed by atoms with Crippen molar-refractivity contribution >= 4 is 17.5 Å². The van der Waals surface area contributed by atoms with Crippen molar-refractivity contribution in [2.45, 2.75) is 77.5 Å². The van der Waals surface area contributed by atoms with Gasteiger partial charge in [0.05, 0.1) is 12.2 Å². The number of fused-ring (bicyclic) bond motifs is 1. The summed E-state index contributed by atoms with van der Waals surface area (Å²) in [4.78, 5) is 39.2. The molecule has 10 heteroatoms. The Balaban J connectivity index is 1.33. The van der Waals surface area contributed by atoms with E-state index in [1.54, 1.807) is 13.1 Å². The third-order valence-corrected chi connectivity index (χ3v) is 9.23. The summed E-state index contributed by atoms with van der Waals surface area (Å²) in [6.07, 6.45) is 2.02. The molecule has 3 aliphatic heterocycles. The second-order valence-corrected chi connectivity index (χ2v) is 13.2. The fraction of sp³-hybridized carbons (Fsp3) is 0.594. The molecule has 1 aromatic carbocycles. The third-order valence-electron chi connectivity index (χ3n) is 9.23. The summed E-state index contributed by atoms with van der Waals surface area (Å²) in [5.74, 6) is -1.06. The number of pyridine rings is 1. The molecule has 1 aromatic heterocycles. The lowest BCUT2D eigenvalue weighted by molar-refractivity contribution is -0.133. The van der Waals surface area contributed by atoms with Gasteiger partial charge < -0.3 is 15.1 Å². The van der Waals surface area contributed by atoms with Gasteiger partial charge in [-0.2, -0.15) is 0 Å². The van der Waals surface area contributed by atoms with Crippen LogP contribution in [0.4, 0.5) is 14.5 Å². The first-order valence-electron chi connectivity index (χ1n) is 15.0. The predicted molar refractivity (Wildman–Crippen MR) is 159 cm³/mol. The molecule has 2 saturated heterocycles. The van der Waals surface area contributed by atoms with Crippen molar-refractivity contribution in [1.82, 2.24) is 25.0 Å². The normalized spacial score (nSPS) is 26.4. The molecule has 8 nitrogen and oxygen atoms in total. The Labute approximate surface area is 248 Å².